The van der Waals surface area contributed by atoms with E-state index in [0.717, 1.165) is 49.7 Å². The fourth-order valence-corrected chi connectivity index (χ4v) is 13.4. The minimum absolute atomic E-state index is 0. The third-order valence-corrected chi connectivity index (χ3v) is 17.9. The summed E-state index contributed by atoms with van der Waals surface area (Å²) in [6.07, 6.45) is -3.22. The Kier molecular flexibility index (Phi) is 19.4. The van der Waals surface area contributed by atoms with E-state index in [0.29, 0.717) is 4.90 Å². The number of rotatable bonds is 12. The Morgan fingerprint density at radius 1 is 0.592 bits per heavy atom. The van der Waals surface area contributed by atoms with Crippen LogP contribution in [0.15, 0.2) is 243 Å². The molecule has 17 heteroatoms. The third kappa shape index (κ3) is 12.1. The number of alkyl halides is 7. The summed E-state index contributed by atoms with van der Waals surface area (Å²) in [5, 5.41) is 14.8. The van der Waals surface area contributed by atoms with Crippen LogP contribution in [0.25, 0.3) is 11.0 Å². The first-order chi connectivity index (χ1) is 33.3. The van der Waals surface area contributed by atoms with Crippen molar-refractivity contribution >= 4 is 69.3 Å². The zero-order valence-corrected chi connectivity index (χ0v) is 42.3. The van der Waals surface area contributed by atoms with E-state index in [2.05, 4.69) is 6.58 Å². The van der Waals surface area contributed by atoms with Crippen LogP contribution in [0.4, 0.5) is 30.7 Å². The molecule has 6 nitrogen and oxygen atoms in total. The van der Waals surface area contributed by atoms with Gasteiger partial charge in [0.1, 0.15) is 5.75 Å². The molecule has 0 atom stereocenters. The molecule has 0 saturated heterocycles. The number of hydrogen-bond donors (Lipinski definition) is 1. The number of para-hydroxylation sites is 1. The monoisotopic (exact) mass is 1170 g/mol. The summed E-state index contributed by atoms with van der Waals surface area (Å²) in [6, 6.07) is 60.5. The van der Waals surface area contributed by atoms with Gasteiger partial charge in [0.2, 0.25) is 5.78 Å². The van der Waals surface area contributed by atoms with Gasteiger partial charge in [-0.25, -0.2) is 4.79 Å². The van der Waals surface area contributed by atoms with Crippen molar-refractivity contribution < 1.29 is 104 Å². The summed E-state index contributed by atoms with van der Waals surface area (Å²) in [4.78, 5) is 24.8. The molecule has 7 aromatic carbocycles. The zero-order valence-electron chi connectivity index (χ0n) is 37.2. The van der Waals surface area contributed by atoms with Gasteiger partial charge in [0, 0.05) is 86.1 Å². The summed E-state index contributed by atoms with van der Waals surface area (Å²) >= 11 is 1.02. The number of allylic oxidation sites excluding steroid dienone is 3. The molecule has 71 heavy (non-hydrogen) atoms. The molecule has 1 N–H and O–H groups in total. The Bertz CT molecular complexity index is 3110. The first-order valence-corrected chi connectivity index (χ1v) is 25.2. The first-order valence-electron chi connectivity index (χ1n) is 21.0. The smallest absolute Gasteiger partial charge is 0.460 e. The van der Waals surface area contributed by atoms with Gasteiger partial charge in [-0.3, -0.25) is 4.79 Å². The van der Waals surface area contributed by atoms with Gasteiger partial charge in [0.25, 0.3) is 0 Å². The molecule has 1 aromatic heterocycles. The first kappa shape index (κ1) is 56.5. The number of carbonyl (C=O) groups excluding carboxylic acids is 1. The van der Waals surface area contributed by atoms with Crippen LogP contribution >= 0.6 is 26.0 Å². The average Bonchev–Trinajstić information content (AvgIpc) is 3.38. The minimum atomic E-state index is -6.80. The molecule has 0 aliphatic carbocycles. The Balaban J connectivity index is 0.000000205. The largest absolute Gasteiger partial charge is 0.506 e. The molecule has 0 saturated carbocycles. The van der Waals surface area contributed by atoms with E-state index in [9.17, 15) is 54.6 Å². The maximum atomic E-state index is 13.8. The van der Waals surface area contributed by atoms with Gasteiger partial charge in [0.15, 0.2) is 25.4 Å². The maximum Gasteiger partial charge on any atom is 0.460 e. The van der Waals surface area contributed by atoms with Crippen molar-refractivity contribution in [2.75, 3.05) is 0 Å². The van der Waals surface area contributed by atoms with Crippen molar-refractivity contribution in [1.29, 1.82) is 0 Å². The number of ketones is 1. The van der Waals surface area contributed by atoms with Crippen LogP contribution in [-0.2, 0) is 9.13 Å². The van der Waals surface area contributed by atoms with Gasteiger partial charge in [-0.05, 0) is 31.2 Å². The Morgan fingerprint density at radius 2 is 0.972 bits per heavy atom. The van der Waals surface area contributed by atoms with E-state index in [1.165, 1.54) is 12.1 Å². The second kappa shape index (κ2) is 24.3. The van der Waals surface area contributed by atoms with E-state index < -0.39 is 60.4 Å². The predicted octanol–water partition coefficient (Wildman–Crippen LogP) is 13.1. The molecule has 0 spiro atoms. The minimum Gasteiger partial charge on any atom is -0.506 e. The molecule has 0 aliphatic rings. The molecule has 365 valence electrons. The molecule has 1 heterocycles. The number of carbonyl (C=O) groups is 1. The van der Waals surface area contributed by atoms with Crippen molar-refractivity contribution in [3.05, 3.63) is 240 Å². The molecule has 8 aromatic rings. The SMILES string of the molecule is C=C/C(=C\C)P(=O)(c1ccccc1)c1ccccc1.O=C(c1c(O)c2cccc(Sc3ccccc3)c2oc1=O)C(F)(F)C(F)(F)C(F)(F)F.O=P(c1ccccc1)(c1ccccc1)c1ccccc1.[Eu]. The van der Waals surface area contributed by atoms with Gasteiger partial charge >= 0.3 is 23.6 Å². The maximum absolute atomic E-state index is 13.8. The van der Waals surface area contributed by atoms with E-state index in [4.69, 9.17) is 4.42 Å². The van der Waals surface area contributed by atoms with Crippen molar-refractivity contribution in [3.8, 4) is 5.75 Å². The predicted molar refractivity (Wildman–Crippen MR) is 265 cm³/mol. The number of aromatic hydroxyl groups is 1. The second-order valence-electron chi connectivity index (χ2n) is 15.0. The molecule has 0 aliphatic heterocycles. The van der Waals surface area contributed by atoms with E-state index >= 15 is 0 Å². The van der Waals surface area contributed by atoms with Crippen LogP contribution < -0.4 is 32.1 Å². The Morgan fingerprint density at radius 3 is 1.34 bits per heavy atom. The van der Waals surface area contributed by atoms with E-state index in [1.54, 1.807) is 36.4 Å². The van der Waals surface area contributed by atoms with Crippen LogP contribution in [0.3, 0.4) is 0 Å². The number of hydrogen-bond acceptors (Lipinski definition) is 7. The summed E-state index contributed by atoms with van der Waals surface area (Å²) in [7, 11) is -5.57. The molecule has 0 bridgehead atoms. The zero-order chi connectivity index (χ0) is 50.7. The third-order valence-electron chi connectivity index (χ3n) is 10.6. The summed E-state index contributed by atoms with van der Waals surface area (Å²) in [5.74, 6) is -17.9. The number of benzene rings is 7. The van der Waals surface area contributed by atoms with Gasteiger partial charge in [-0.2, -0.15) is 30.7 Å². The average molecular weight is 1160 g/mol. The van der Waals surface area contributed by atoms with Crippen LogP contribution in [0.1, 0.15) is 17.3 Å². The number of fused-ring (bicyclic) bond motifs is 1. The van der Waals surface area contributed by atoms with E-state index in [-0.39, 0.29) is 59.9 Å². The summed E-state index contributed by atoms with van der Waals surface area (Å²) in [6.45, 7) is 5.71. The fourth-order valence-electron chi connectivity index (χ4n) is 7.07. The summed E-state index contributed by atoms with van der Waals surface area (Å²) in [5.41, 5.74) is -4.38. The van der Waals surface area contributed by atoms with Crippen LogP contribution in [0.5, 0.6) is 5.75 Å². The molecule has 0 fully saturated rings. The summed E-state index contributed by atoms with van der Waals surface area (Å²) < 4.78 is 123. The molecular weight excluding hydrogens is 1120 g/mol. The van der Waals surface area contributed by atoms with Gasteiger partial charge in [-0.15, -0.1) is 0 Å². The van der Waals surface area contributed by atoms with Crippen molar-refractivity contribution in [2.45, 2.75) is 34.7 Å². The molecule has 1 radical (unpaired) electrons. The van der Waals surface area contributed by atoms with E-state index in [1.807, 2.05) is 165 Å². The van der Waals surface area contributed by atoms with Crippen LogP contribution in [0.2, 0.25) is 0 Å². The molecule has 0 unspecified atom stereocenters. The van der Waals surface area contributed by atoms with Crippen molar-refractivity contribution in [2.24, 2.45) is 0 Å². The van der Waals surface area contributed by atoms with Gasteiger partial charge in [0.05, 0.1) is 10.3 Å². The van der Waals surface area contributed by atoms with Gasteiger partial charge < -0.3 is 18.7 Å². The van der Waals surface area contributed by atoms with Gasteiger partial charge in [-0.1, -0.05) is 206 Å². The molecule has 8 rings (SSSR count). The fraction of sp³-hybridized carbons (Fsp3) is 0.0741. The quantitative estimate of drug-likeness (QED) is 0.0427. The second-order valence-corrected chi connectivity index (χ2v) is 21.6. The number of Topliss-reactive ketones (excluding diaryl/α,β-unsaturated/α-hetero) is 1. The number of halogens is 7. The normalized spacial score (nSPS) is 12.0. The van der Waals surface area contributed by atoms with Crippen molar-refractivity contribution in [3.63, 3.8) is 0 Å². The van der Waals surface area contributed by atoms with Crippen LogP contribution in [0, 0.1) is 49.4 Å². The Hall–Kier alpha value is -5.40. The topological polar surface area (TPSA) is 102 Å². The Labute approximate surface area is 449 Å². The van der Waals surface area contributed by atoms with Crippen LogP contribution in [-0.4, -0.2) is 28.9 Å². The molecule has 0 amide bonds. The van der Waals surface area contributed by atoms with Crippen molar-refractivity contribution in [1.82, 2.24) is 0 Å². The standard InChI is InChI=1S/C19H9F7O4S.C18H15OP.C17H17OP.Eu/c20-17(21,18(22,23)19(24,25)26)15(28)12-13(27)10-7-4-8-11(14(10)30-16(12)29)31-9-5-2-1-3-6-9;19-20(16-10-4-1-5-11-16,17-12-6-2-7-13-17)18-14-8-3-9-15-18;1-3-15(4-2)19(18,16-11-7-5-8-12-16)17-13-9-6-10-14-17;/h1-8,27H;1-15H;3-14H,1H2,2H3;/b;;15-4+;. The molecular formula is C54H41EuF7O6P2S.